The number of amides is 3. The number of phenols is 1. The first-order valence-electron chi connectivity index (χ1n) is 16.0. The molecular weight excluding hydrogens is 610 g/mol. The van der Waals surface area contributed by atoms with Crippen molar-refractivity contribution in [1.82, 2.24) is 10.2 Å². The van der Waals surface area contributed by atoms with Crippen LogP contribution in [-0.2, 0) is 36.9 Å². The summed E-state index contributed by atoms with van der Waals surface area (Å²) in [6.45, 7) is 4.84. The Labute approximate surface area is 276 Å². The van der Waals surface area contributed by atoms with E-state index >= 15 is 0 Å². The Bertz CT molecular complexity index is 1280. The number of carbonyl (C=O) groups excluding carboxylic acids is 3. The van der Waals surface area contributed by atoms with Crippen LogP contribution in [0.3, 0.4) is 0 Å². The molecule has 13 heteroatoms. The van der Waals surface area contributed by atoms with Crippen molar-refractivity contribution in [2.45, 2.75) is 71.5 Å². The smallest absolute Gasteiger partial charge is 0.332 e. The fraction of sp³-hybridized carbons (Fsp3) is 0.529. The first kappa shape index (κ1) is 39.1. The van der Waals surface area contributed by atoms with Gasteiger partial charge in [0.25, 0.3) is 11.9 Å². The number of benzene rings is 2. The quantitative estimate of drug-likeness (QED) is 0.0795. The summed E-state index contributed by atoms with van der Waals surface area (Å²) in [5.41, 5.74) is 2.78. The largest absolute Gasteiger partial charge is 0.508 e. The molecule has 2 aromatic rings. The summed E-state index contributed by atoms with van der Waals surface area (Å²) in [6, 6.07) is 11.8. The van der Waals surface area contributed by atoms with Gasteiger partial charge < -0.3 is 35.2 Å². The van der Waals surface area contributed by atoms with Crippen LogP contribution in [0.1, 0.15) is 75.2 Å². The Balaban J connectivity index is 0.00000181. The van der Waals surface area contributed by atoms with Crippen molar-refractivity contribution >= 4 is 29.6 Å². The van der Waals surface area contributed by atoms with Crippen LogP contribution in [0, 0.1) is 0 Å². The summed E-state index contributed by atoms with van der Waals surface area (Å²) in [5.74, 6) is -1.83. The molecule has 0 spiro atoms. The van der Waals surface area contributed by atoms with E-state index in [9.17, 15) is 29.7 Å². The van der Waals surface area contributed by atoms with Gasteiger partial charge >= 0.3 is 12.0 Å². The van der Waals surface area contributed by atoms with Gasteiger partial charge in [0.05, 0.1) is 19.3 Å². The Kier molecular flexibility index (Phi) is 18.1. The third kappa shape index (κ3) is 14.5. The predicted molar refractivity (Wildman–Crippen MR) is 175 cm³/mol. The number of nitrogens with zero attached hydrogens (tertiary/aromatic N) is 2. The standard InChI is InChI=1S/C32H45N3O8.C2H4O2/c1-2-43-31(40)22-35-30(39)21-34(32(35)41)27-12-9-11-24(18-27)10-5-8-17-42-16-7-4-3-6-15-33-20-29(38)25-13-14-28(37)26(19-25)23-36;1-2(3)4/h9,11-14,18-19,29,33,36-38H,2-8,10,15-17,20-23H2,1H3;1H3,(H,3,4)/t29-;/m0./s1. The van der Waals surface area contributed by atoms with Crippen LogP contribution in [-0.4, -0.2) is 95.2 Å². The van der Waals surface area contributed by atoms with Crippen molar-refractivity contribution in [2.24, 2.45) is 0 Å². The lowest BCUT2D eigenvalue weighted by Gasteiger charge is -2.17. The van der Waals surface area contributed by atoms with Crippen molar-refractivity contribution < 1.29 is 49.1 Å². The number of rotatable bonds is 20. The van der Waals surface area contributed by atoms with Gasteiger partial charge in [-0.25, -0.2) is 4.79 Å². The van der Waals surface area contributed by atoms with E-state index in [1.807, 2.05) is 18.2 Å². The molecule has 0 radical (unpaired) electrons. The van der Waals surface area contributed by atoms with Crippen LogP contribution in [0.5, 0.6) is 5.75 Å². The second kappa shape index (κ2) is 21.7. The Morgan fingerprint density at radius 1 is 1.00 bits per heavy atom. The highest BCUT2D eigenvalue weighted by molar-refractivity contribution is 6.13. The molecule has 0 aromatic heterocycles. The van der Waals surface area contributed by atoms with Crippen LogP contribution >= 0.6 is 0 Å². The number of urea groups is 1. The van der Waals surface area contributed by atoms with Crippen LogP contribution < -0.4 is 10.2 Å². The molecule has 0 unspecified atom stereocenters. The molecule has 1 atom stereocenters. The highest BCUT2D eigenvalue weighted by atomic mass is 16.5. The molecule has 1 fully saturated rings. The molecule has 1 aliphatic heterocycles. The third-order valence-electron chi connectivity index (χ3n) is 7.26. The molecule has 1 aliphatic rings. The molecule has 1 saturated heterocycles. The number of hydrogen-bond acceptors (Lipinski definition) is 10. The normalized spacial score (nSPS) is 13.4. The zero-order valence-corrected chi connectivity index (χ0v) is 27.4. The van der Waals surface area contributed by atoms with Crippen molar-refractivity contribution in [3.63, 3.8) is 0 Å². The van der Waals surface area contributed by atoms with E-state index in [-0.39, 0.29) is 32.1 Å². The van der Waals surface area contributed by atoms with Gasteiger partial charge in [-0.15, -0.1) is 0 Å². The van der Waals surface area contributed by atoms with E-state index < -0.39 is 30.0 Å². The molecule has 260 valence electrons. The van der Waals surface area contributed by atoms with Gasteiger partial charge in [0.15, 0.2) is 0 Å². The molecule has 1 heterocycles. The van der Waals surface area contributed by atoms with E-state index in [4.69, 9.17) is 19.4 Å². The molecule has 47 heavy (non-hydrogen) atoms. The molecule has 0 aliphatic carbocycles. The number of carboxylic acid groups (broad SMARTS) is 1. The highest BCUT2D eigenvalue weighted by Crippen LogP contribution is 2.24. The molecule has 5 N–H and O–H groups in total. The van der Waals surface area contributed by atoms with Gasteiger partial charge in [0, 0.05) is 37.9 Å². The van der Waals surface area contributed by atoms with E-state index in [2.05, 4.69) is 5.32 Å². The van der Waals surface area contributed by atoms with Gasteiger partial charge in [-0.05, 0) is 81.0 Å². The molecule has 0 saturated carbocycles. The number of nitrogens with one attached hydrogen (secondary N) is 1. The Morgan fingerprint density at radius 3 is 2.40 bits per heavy atom. The van der Waals surface area contributed by atoms with Gasteiger partial charge in [-0.3, -0.25) is 24.2 Å². The molecule has 2 aromatic carbocycles. The number of carbonyl (C=O) groups is 4. The first-order chi connectivity index (χ1) is 22.6. The molecule has 3 amide bonds. The fourth-order valence-electron chi connectivity index (χ4n) is 4.85. The predicted octanol–water partition coefficient (Wildman–Crippen LogP) is 3.53. The van der Waals surface area contributed by atoms with Crippen LogP contribution in [0.15, 0.2) is 42.5 Å². The average molecular weight is 660 g/mol. The highest BCUT2D eigenvalue weighted by Gasteiger charge is 2.38. The first-order valence-corrected chi connectivity index (χ1v) is 16.0. The summed E-state index contributed by atoms with van der Waals surface area (Å²) in [5, 5.41) is 39.9. The lowest BCUT2D eigenvalue weighted by atomic mass is 10.1. The summed E-state index contributed by atoms with van der Waals surface area (Å²) in [4.78, 5) is 48.1. The molecular formula is C34H49N3O10. The van der Waals surface area contributed by atoms with Crippen molar-refractivity contribution in [1.29, 1.82) is 0 Å². The molecule has 13 nitrogen and oxygen atoms in total. The Hall–Kier alpha value is -4.04. The van der Waals surface area contributed by atoms with Crippen LogP contribution in [0.25, 0.3) is 0 Å². The topological polar surface area (TPSA) is 186 Å². The summed E-state index contributed by atoms with van der Waals surface area (Å²) >= 11 is 0. The number of aliphatic hydroxyl groups excluding tert-OH is 2. The maximum Gasteiger partial charge on any atom is 0.332 e. The maximum absolute atomic E-state index is 12.7. The minimum Gasteiger partial charge on any atom is -0.508 e. The number of imide groups is 1. The lowest BCUT2D eigenvalue weighted by Crippen LogP contribution is -2.37. The van der Waals surface area contributed by atoms with E-state index in [1.165, 1.54) is 11.0 Å². The zero-order chi connectivity index (χ0) is 34.6. The molecule has 3 rings (SSSR count). The summed E-state index contributed by atoms with van der Waals surface area (Å²) in [7, 11) is 0. The van der Waals surface area contributed by atoms with Crippen molar-refractivity contribution in [3.05, 3.63) is 59.2 Å². The van der Waals surface area contributed by atoms with Crippen LogP contribution in [0.2, 0.25) is 0 Å². The maximum atomic E-state index is 12.7. The number of aryl methyl sites for hydroxylation is 1. The number of anilines is 1. The zero-order valence-electron chi connectivity index (χ0n) is 27.4. The third-order valence-corrected chi connectivity index (χ3v) is 7.26. The summed E-state index contributed by atoms with van der Waals surface area (Å²) < 4.78 is 10.6. The lowest BCUT2D eigenvalue weighted by molar-refractivity contribution is -0.146. The van der Waals surface area contributed by atoms with Crippen molar-refractivity contribution in [2.75, 3.05) is 50.9 Å². The number of aliphatic hydroxyl groups is 2. The number of carboxylic acids is 1. The van der Waals surface area contributed by atoms with Gasteiger partial charge in [-0.1, -0.05) is 31.0 Å². The van der Waals surface area contributed by atoms with Crippen molar-refractivity contribution in [3.8, 4) is 5.75 Å². The number of aliphatic carboxylic acids is 1. The van der Waals surface area contributed by atoms with E-state index in [1.54, 1.807) is 25.1 Å². The number of aromatic hydroxyl groups is 1. The fourth-order valence-corrected chi connectivity index (χ4v) is 4.85. The average Bonchev–Trinajstić information content (AvgIpc) is 3.31. The minimum absolute atomic E-state index is 0.0256. The van der Waals surface area contributed by atoms with Gasteiger partial charge in [-0.2, -0.15) is 0 Å². The minimum atomic E-state index is -0.833. The summed E-state index contributed by atoms with van der Waals surface area (Å²) in [6.07, 6.45) is 6.14. The monoisotopic (exact) mass is 659 g/mol. The second-order valence-electron chi connectivity index (χ2n) is 11.1. The SMILES string of the molecule is CC(=O)O.CCOC(=O)CN1C(=O)CN(c2cccc(CCCCOCCCCCCNC[C@H](O)c3ccc(O)c(CO)c3)c2)C1=O. The number of unbranched alkanes of at least 4 members (excludes halogenated alkanes) is 4. The van der Waals surface area contributed by atoms with E-state index in [0.29, 0.717) is 30.0 Å². The van der Waals surface area contributed by atoms with E-state index in [0.717, 1.165) is 75.5 Å². The van der Waals surface area contributed by atoms with Gasteiger partial charge in [0.1, 0.15) is 18.8 Å². The Morgan fingerprint density at radius 2 is 1.70 bits per heavy atom. The number of hydrogen-bond donors (Lipinski definition) is 5. The van der Waals surface area contributed by atoms with Gasteiger partial charge in [0.2, 0.25) is 0 Å². The molecule has 0 bridgehead atoms. The number of esters is 1. The second-order valence-corrected chi connectivity index (χ2v) is 11.1. The van der Waals surface area contributed by atoms with Crippen LogP contribution in [0.4, 0.5) is 10.5 Å². The number of ether oxygens (including phenoxy) is 2.